The molecule has 2 aliphatic rings. The van der Waals surface area contributed by atoms with Crippen LogP contribution in [0.4, 0.5) is 4.79 Å². The number of hydrogen-bond donors (Lipinski definition) is 1. The fourth-order valence-corrected chi connectivity index (χ4v) is 5.27. The average Bonchev–Trinajstić information content (AvgIpc) is 2.90. The average molecular weight is 552 g/mol. The molecular weight excluding hydrogens is 523 g/mol. The van der Waals surface area contributed by atoms with Crippen LogP contribution in [-0.2, 0) is 10.7 Å². The number of piperazine rings is 1. The van der Waals surface area contributed by atoms with Gasteiger partial charge in [0, 0.05) is 69.6 Å². The highest BCUT2D eigenvalue weighted by atomic mass is 35.5. The maximum absolute atomic E-state index is 13.3. The van der Waals surface area contributed by atoms with Gasteiger partial charge in [0.15, 0.2) is 0 Å². The molecule has 4 amide bonds. The summed E-state index contributed by atoms with van der Waals surface area (Å²) in [6, 6.07) is 12.4. The van der Waals surface area contributed by atoms with Gasteiger partial charge in [-0.05, 0) is 41.8 Å². The van der Waals surface area contributed by atoms with Gasteiger partial charge in [-0.2, -0.15) is 0 Å². The molecule has 2 saturated heterocycles. The van der Waals surface area contributed by atoms with E-state index in [0.29, 0.717) is 67.2 Å². The summed E-state index contributed by atoms with van der Waals surface area (Å²) in [7, 11) is 0. The molecule has 2 aromatic carbocycles. The Hall–Kier alpha value is -2.48. The van der Waals surface area contributed by atoms with Gasteiger partial charge in [-0.15, -0.1) is 11.6 Å². The van der Waals surface area contributed by atoms with Crippen LogP contribution < -0.4 is 5.32 Å². The second kappa shape index (κ2) is 11.7. The number of halogens is 3. The van der Waals surface area contributed by atoms with Crippen molar-refractivity contribution in [2.24, 2.45) is 0 Å². The first-order chi connectivity index (χ1) is 17.3. The van der Waals surface area contributed by atoms with E-state index in [1.54, 1.807) is 34.9 Å². The number of amides is 4. The molecule has 2 aliphatic heterocycles. The van der Waals surface area contributed by atoms with Crippen molar-refractivity contribution in [3.63, 3.8) is 0 Å². The van der Waals surface area contributed by atoms with Gasteiger partial charge in [0.2, 0.25) is 5.91 Å². The molecular formula is C26H29Cl3N4O3. The quantitative estimate of drug-likeness (QED) is 0.565. The molecule has 2 atom stereocenters. The minimum Gasteiger partial charge on any atom is -0.349 e. The van der Waals surface area contributed by atoms with Crippen LogP contribution in [0.1, 0.15) is 40.7 Å². The second-order valence-electron chi connectivity index (χ2n) is 9.20. The molecule has 36 heavy (non-hydrogen) atoms. The molecule has 2 fully saturated rings. The van der Waals surface area contributed by atoms with Crippen molar-refractivity contribution in [2.75, 3.05) is 39.3 Å². The minimum atomic E-state index is -0.193. The van der Waals surface area contributed by atoms with Crippen LogP contribution >= 0.6 is 34.8 Å². The summed E-state index contributed by atoms with van der Waals surface area (Å²) in [5.41, 5.74) is 2.41. The van der Waals surface area contributed by atoms with Gasteiger partial charge in [-0.1, -0.05) is 41.4 Å². The Balaban J connectivity index is 1.50. The molecule has 2 aromatic rings. The first kappa shape index (κ1) is 26.6. The van der Waals surface area contributed by atoms with Crippen molar-refractivity contribution in [1.29, 1.82) is 0 Å². The van der Waals surface area contributed by atoms with Gasteiger partial charge < -0.3 is 20.0 Å². The maximum Gasteiger partial charge on any atom is 0.320 e. The predicted octanol–water partition coefficient (Wildman–Crippen LogP) is 4.60. The predicted molar refractivity (Wildman–Crippen MR) is 142 cm³/mol. The van der Waals surface area contributed by atoms with E-state index in [4.69, 9.17) is 34.8 Å². The SMILES string of the molecule is CC(=O)N1CCN(C(=O)N2CCC(NC(=O)c3ccc(CCl)cc3)C(c3ccc(Cl)c(Cl)c3)C2)CC1. The second-order valence-corrected chi connectivity index (χ2v) is 10.3. The number of likely N-dealkylation sites (tertiary alicyclic amines) is 1. The van der Waals surface area contributed by atoms with Gasteiger partial charge in [0.25, 0.3) is 5.91 Å². The van der Waals surface area contributed by atoms with E-state index in [1.165, 1.54) is 0 Å². The van der Waals surface area contributed by atoms with Gasteiger partial charge >= 0.3 is 6.03 Å². The summed E-state index contributed by atoms with van der Waals surface area (Å²) in [5, 5.41) is 4.05. The zero-order chi connectivity index (χ0) is 25.8. The van der Waals surface area contributed by atoms with E-state index in [2.05, 4.69) is 5.32 Å². The minimum absolute atomic E-state index is 0.0237. The Labute approximate surface area is 226 Å². The maximum atomic E-state index is 13.3. The third-order valence-corrected chi connectivity index (χ3v) is 7.99. The van der Waals surface area contributed by atoms with E-state index in [9.17, 15) is 14.4 Å². The summed E-state index contributed by atoms with van der Waals surface area (Å²) >= 11 is 18.3. The molecule has 4 rings (SSSR count). The monoisotopic (exact) mass is 550 g/mol. The van der Waals surface area contributed by atoms with Crippen molar-refractivity contribution >= 4 is 52.6 Å². The molecule has 0 aromatic heterocycles. The van der Waals surface area contributed by atoms with Crippen molar-refractivity contribution < 1.29 is 14.4 Å². The van der Waals surface area contributed by atoms with Crippen LogP contribution in [0.2, 0.25) is 10.0 Å². The number of nitrogens with one attached hydrogen (secondary N) is 1. The normalized spacial score (nSPS) is 20.3. The zero-order valence-corrected chi connectivity index (χ0v) is 22.3. The van der Waals surface area contributed by atoms with E-state index in [-0.39, 0.29) is 29.8 Å². The standard InChI is InChI=1S/C26H29Cl3N4O3/c1-17(34)31-10-12-32(13-11-31)26(36)33-9-8-24(21(16-33)20-6-7-22(28)23(29)14-20)30-25(35)19-4-2-18(15-27)3-5-19/h2-7,14,21,24H,8-13,15-16H2,1H3,(H,30,35). The molecule has 0 bridgehead atoms. The van der Waals surface area contributed by atoms with Crippen LogP contribution in [0, 0.1) is 0 Å². The number of carbonyl (C=O) groups is 3. The summed E-state index contributed by atoms with van der Waals surface area (Å²) in [4.78, 5) is 43.4. The molecule has 2 unspecified atom stereocenters. The fraction of sp³-hybridized carbons (Fsp3) is 0.423. The van der Waals surface area contributed by atoms with E-state index in [1.807, 2.05) is 29.2 Å². The molecule has 0 spiro atoms. The van der Waals surface area contributed by atoms with Crippen molar-refractivity contribution in [3.05, 3.63) is 69.2 Å². The number of rotatable bonds is 4. The Morgan fingerprint density at radius 2 is 1.56 bits per heavy atom. The first-order valence-electron chi connectivity index (χ1n) is 12.0. The number of hydrogen-bond acceptors (Lipinski definition) is 3. The van der Waals surface area contributed by atoms with Crippen molar-refractivity contribution in [3.8, 4) is 0 Å². The van der Waals surface area contributed by atoms with E-state index in [0.717, 1.165) is 11.1 Å². The largest absolute Gasteiger partial charge is 0.349 e. The topological polar surface area (TPSA) is 73.0 Å². The van der Waals surface area contributed by atoms with E-state index < -0.39 is 0 Å². The van der Waals surface area contributed by atoms with Crippen LogP contribution in [-0.4, -0.2) is 77.9 Å². The van der Waals surface area contributed by atoms with Crippen LogP contribution in [0.3, 0.4) is 0 Å². The lowest BCUT2D eigenvalue weighted by Gasteiger charge is -2.43. The van der Waals surface area contributed by atoms with Gasteiger partial charge in [0.1, 0.15) is 0 Å². The van der Waals surface area contributed by atoms with Crippen molar-refractivity contribution in [1.82, 2.24) is 20.0 Å². The van der Waals surface area contributed by atoms with Gasteiger partial charge in [-0.3, -0.25) is 9.59 Å². The van der Waals surface area contributed by atoms with Gasteiger partial charge in [-0.25, -0.2) is 4.79 Å². The molecule has 0 aliphatic carbocycles. The van der Waals surface area contributed by atoms with Crippen LogP contribution in [0.25, 0.3) is 0 Å². The number of nitrogens with zero attached hydrogens (tertiary/aromatic N) is 3. The molecule has 0 radical (unpaired) electrons. The van der Waals surface area contributed by atoms with Crippen LogP contribution in [0.15, 0.2) is 42.5 Å². The summed E-state index contributed by atoms with van der Waals surface area (Å²) in [5.74, 6) is 0.0707. The molecule has 0 saturated carbocycles. The highest BCUT2D eigenvalue weighted by molar-refractivity contribution is 6.42. The van der Waals surface area contributed by atoms with Crippen molar-refractivity contribution in [2.45, 2.75) is 31.2 Å². The lowest BCUT2D eigenvalue weighted by Crippen LogP contribution is -2.57. The molecule has 7 nitrogen and oxygen atoms in total. The Bertz CT molecular complexity index is 1120. The number of urea groups is 1. The molecule has 192 valence electrons. The van der Waals surface area contributed by atoms with Crippen LogP contribution in [0.5, 0.6) is 0 Å². The summed E-state index contributed by atoms with van der Waals surface area (Å²) in [6.07, 6.45) is 0.593. The Morgan fingerprint density at radius 1 is 0.889 bits per heavy atom. The lowest BCUT2D eigenvalue weighted by molar-refractivity contribution is -0.130. The molecule has 10 heteroatoms. The summed E-state index contributed by atoms with van der Waals surface area (Å²) < 4.78 is 0. The molecule has 2 heterocycles. The lowest BCUT2D eigenvalue weighted by atomic mass is 9.85. The first-order valence-corrected chi connectivity index (χ1v) is 13.3. The number of carbonyl (C=O) groups excluding carboxylic acids is 3. The number of alkyl halides is 1. The summed E-state index contributed by atoms with van der Waals surface area (Å²) in [6.45, 7) is 4.57. The van der Waals surface area contributed by atoms with Gasteiger partial charge in [0.05, 0.1) is 10.0 Å². The number of piperidine rings is 1. The number of benzene rings is 2. The fourth-order valence-electron chi connectivity index (χ4n) is 4.79. The third-order valence-electron chi connectivity index (χ3n) is 6.94. The zero-order valence-electron chi connectivity index (χ0n) is 20.1. The smallest absolute Gasteiger partial charge is 0.320 e. The highest BCUT2D eigenvalue weighted by Crippen LogP contribution is 2.32. The van der Waals surface area contributed by atoms with E-state index >= 15 is 0 Å². The highest BCUT2D eigenvalue weighted by Gasteiger charge is 2.36. The third kappa shape index (κ3) is 6.07. The molecule has 1 N–H and O–H groups in total. The Kier molecular flexibility index (Phi) is 8.65. The Morgan fingerprint density at radius 3 is 2.17 bits per heavy atom.